The van der Waals surface area contributed by atoms with Gasteiger partial charge in [-0.1, -0.05) is 11.6 Å². The number of aromatic nitrogens is 1. The fourth-order valence-electron chi connectivity index (χ4n) is 1.29. The summed E-state index contributed by atoms with van der Waals surface area (Å²) in [6.07, 6.45) is 0.809. The van der Waals surface area contributed by atoms with Gasteiger partial charge in [0.2, 0.25) is 0 Å². The van der Waals surface area contributed by atoms with Gasteiger partial charge < -0.3 is 15.2 Å². The molecule has 0 aliphatic rings. The van der Waals surface area contributed by atoms with E-state index in [0.717, 1.165) is 6.42 Å². The Morgan fingerprint density at radius 3 is 2.94 bits per heavy atom. The SMILES string of the molecule is COCCC(C)Nc1ccc(Cl)c(C(=O)O)n1. The zero-order chi connectivity index (χ0) is 12.8. The molecular formula is C11H15ClN2O3. The van der Waals surface area contributed by atoms with Crippen LogP contribution in [-0.4, -0.2) is 35.8 Å². The standard InChI is InChI=1S/C11H15ClN2O3/c1-7(5-6-17-2)13-9-4-3-8(12)10(14-9)11(15)16/h3-4,7H,5-6H2,1-2H3,(H,13,14)(H,15,16). The van der Waals surface area contributed by atoms with E-state index in [9.17, 15) is 4.79 Å². The summed E-state index contributed by atoms with van der Waals surface area (Å²) in [5.41, 5.74) is -0.143. The lowest BCUT2D eigenvalue weighted by molar-refractivity contribution is 0.0691. The van der Waals surface area contributed by atoms with Gasteiger partial charge in [0, 0.05) is 19.8 Å². The number of hydrogen-bond donors (Lipinski definition) is 2. The Kier molecular flexibility index (Phi) is 5.18. The van der Waals surface area contributed by atoms with Crippen LogP contribution in [0.4, 0.5) is 5.82 Å². The third-order valence-electron chi connectivity index (χ3n) is 2.20. The van der Waals surface area contributed by atoms with Crippen LogP contribution in [0.5, 0.6) is 0 Å². The summed E-state index contributed by atoms with van der Waals surface area (Å²) in [4.78, 5) is 14.8. The zero-order valence-electron chi connectivity index (χ0n) is 9.74. The monoisotopic (exact) mass is 258 g/mol. The van der Waals surface area contributed by atoms with E-state index in [4.69, 9.17) is 21.4 Å². The van der Waals surface area contributed by atoms with Crippen LogP contribution in [0.1, 0.15) is 23.8 Å². The maximum Gasteiger partial charge on any atom is 0.356 e. The Hall–Kier alpha value is -1.33. The van der Waals surface area contributed by atoms with Gasteiger partial charge in [-0.05, 0) is 25.5 Å². The van der Waals surface area contributed by atoms with Crippen LogP contribution in [0, 0.1) is 0 Å². The number of carboxylic acids is 1. The van der Waals surface area contributed by atoms with E-state index in [0.29, 0.717) is 12.4 Å². The molecule has 0 saturated carbocycles. The van der Waals surface area contributed by atoms with E-state index >= 15 is 0 Å². The van der Waals surface area contributed by atoms with Crippen LogP contribution >= 0.6 is 11.6 Å². The van der Waals surface area contributed by atoms with Gasteiger partial charge in [0.1, 0.15) is 5.82 Å². The first-order valence-corrected chi connectivity index (χ1v) is 5.57. The highest BCUT2D eigenvalue weighted by Gasteiger charge is 2.12. The minimum Gasteiger partial charge on any atom is -0.476 e. The number of nitrogens with zero attached hydrogens (tertiary/aromatic N) is 1. The van der Waals surface area contributed by atoms with Crippen molar-refractivity contribution in [2.75, 3.05) is 19.0 Å². The van der Waals surface area contributed by atoms with Crippen molar-refractivity contribution in [1.29, 1.82) is 0 Å². The molecule has 2 N–H and O–H groups in total. The summed E-state index contributed by atoms with van der Waals surface area (Å²) < 4.78 is 4.96. The maximum atomic E-state index is 10.8. The number of nitrogens with one attached hydrogen (secondary N) is 1. The quantitative estimate of drug-likeness (QED) is 0.819. The lowest BCUT2D eigenvalue weighted by Crippen LogP contribution is -2.18. The van der Waals surface area contributed by atoms with Crippen LogP contribution in [0.2, 0.25) is 5.02 Å². The van der Waals surface area contributed by atoms with Crippen molar-refractivity contribution in [2.45, 2.75) is 19.4 Å². The molecule has 1 rings (SSSR count). The molecule has 0 spiro atoms. The second-order valence-corrected chi connectivity index (χ2v) is 4.07. The van der Waals surface area contributed by atoms with Crippen molar-refractivity contribution in [3.8, 4) is 0 Å². The van der Waals surface area contributed by atoms with E-state index in [2.05, 4.69) is 10.3 Å². The fourth-order valence-corrected chi connectivity index (χ4v) is 1.48. The molecule has 0 amide bonds. The van der Waals surface area contributed by atoms with Crippen molar-refractivity contribution in [1.82, 2.24) is 4.98 Å². The number of carbonyl (C=O) groups is 1. The zero-order valence-corrected chi connectivity index (χ0v) is 10.5. The average Bonchev–Trinajstić information content (AvgIpc) is 2.28. The number of ether oxygens (including phenoxy) is 1. The molecular weight excluding hydrogens is 244 g/mol. The number of methoxy groups -OCH3 is 1. The Morgan fingerprint density at radius 1 is 1.65 bits per heavy atom. The third kappa shape index (κ3) is 4.20. The molecule has 0 aliphatic carbocycles. The molecule has 94 valence electrons. The molecule has 1 heterocycles. The lowest BCUT2D eigenvalue weighted by atomic mass is 10.2. The summed E-state index contributed by atoms with van der Waals surface area (Å²) in [6.45, 7) is 2.60. The number of halogens is 1. The minimum absolute atomic E-state index is 0.132. The van der Waals surface area contributed by atoms with E-state index < -0.39 is 5.97 Å². The van der Waals surface area contributed by atoms with Crippen molar-refractivity contribution in [3.05, 3.63) is 22.8 Å². The highest BCUT2D eigenvalue weighted by Crippen LogP contribution is 2.17. The molecule has 1 aromatic rings. The van der Waals surface area contributed by atoms with Crippen LogP contribution in [0.15, 0.2) is 12.1 Å². The van der Waals surface area contributed by atoms with Crippen molar-refractivity contribution in [2.24, 2.45) is 0 Å². The largest absolute Gasteiger partial charge is 0.476 e. The number of pyridine rings is 1. The van der Waals surface area contributed by atoms with Gasteiger partial charge in [-0.3, -0.25) is 0 Å². The first-order valence-electron chi connectivity index (χ1n) is 5.20. The normalized spacial score (nSPS) is 12.2. The number of anilines is 1. The van der Waals surface area contributed by atoms with Gasteiger partial charge in [0.05, 0.1) is 5.02 Å². The van der Waals surface area contributed by atoms with Crippen molar-refractivity contribution in [3.63, 3.8) is 0 Å². The number of hydrogen-bond acceptors (Lipinski definition) is 4. The Labute approximate surface area is 105 Å². The number of aromatic carboxylic acids is 1. The van der Waals surface area contributed by atoms with E-state index in [1.807, 2.05) is 6.92 Å². The summed E-state index contributed by atoms with van der Waals surface area (Å²) in [6, 6.07) is 3.31. The molecule has 1 unspecified atom stereocenters. The predicted octanol–water partition coefficient (Wildman–Crippen LogP) is 2.27. The maximum absolute atomic E-state index is 10.8. The third-order valence-corrected chi connectivity index (χ3v) is 2.50. The molecule has 0 fully saturated rings. The highest BCUT2D eigenvalue weighted by molar-refractivity contribution is 6.33. The van der Waals surface area contributed by atoms with Crippen molar-refractivity contribution >= 4 is 23.4 Å². The summed E-state index contributed by atoms with van der Waals surface area (Å²) in [7, 11) is 1.63. The van der Waals surface area contributed by atoms with Crippen LogP contribution < -0.4 is 5.32 Å². The van der Waals surface area contributed by atoms with Gasteiger partial charge in [-0.2, -0.15) is 0 Å². The lowest BCUT2D eigenvalue weighted by Gasteiger charge is -2.14. The molecule has 5 nitrogen and oxygen atoms in total. The molecule has 1 aromatic heterocycles. The fraction of sp³-hybridized carbons (Fsp3) is 0.455. The highest BCUT2D eigenvalue weighted by atomic mass is 35.5. The summed E-state index contributed by atoms with van der Waals surface area (Å²) in [5.74, 6) is -0.640. The van der Waals surface area contributed by atoms with Crippen LogP contribution in [-0.2, 0) is 4.74 Å². The molecule has 17 heavy (non-hydrogen) atoms. The molecule has 0 bridgehead atoms. The predicted molar refractivity (Wildman–Crippen MR) is 65.8 cm³/mol. The topological polar surface area (TPSA) is 71.5 Å². The summed E-state index contributed by atoms with van der Waals surface area (Å²) >= 11 is 5.72. The molecule has 0 radical (unpaired) electrons. The molecule has 0 saturated heterocycles. The van der Waals surface area contributed by atoms with Crippen LogP contribution in [0.25, 0.3) is 0 Å². The summed E-state index contributed by atoms with van der Waals surface area (Å²) in [5, 5.41) is 12.1. The second-order valence-electron chi connectivity index (χ2n) is 3.66. The second kappa shape index (κ2) is 6.42. The number of carboxylic acid groups (broad SMARTS) is 1. The minimum atomic E-state index is -1.14. The van der Waals surface area contributed by atoms with E-state index in [1.165, 1.54) is 6.07 Å². The van der Waals surface area contributed by atoms with E-state index in [-0.39, 0.29) is 16.8 Å². The smallest absolute Gasteiger partial charge is 0.356 e. The van der Waals surface area contributed by atoms with Gasteiger partial charge in [-0.25, -0.2) is 9.78 Å². The average molecular weight is 259 g/mol. The molecule has 6 heteroatoms. The molecule has 0 aromatic carbocycles. The van der Waals surface area contributed by atoms with E-state index in [1.54, 1.807) is 13.2 Å². The number of rotatable bonds is 6. The molecule has 0 aliphatic heterocycles. The van der Waals surface area contributed by atoms with Gasteiger partial charge in [0.25, 0.3) is 0 Å². The van der Waals surface area contributed by atoms with Gasteiger partial charge >= 0.3 is 5.97 Å². The Morgan fingerprint density at radius 2 is 2.35 bits per heavy atom. The Bertz CT molecular complexity index is 398. The van der Waals surface area contributed by atoms with Gasteiger partial charge in [-0.15, -0.1) is 0 Å². The van der Waals surface area contributed by atoms with Gasteiger partial charge in [0.15, 0.2) is 5.69 Å². The molecule has 1 atom stereocenters. The first kappa shape index (κ1) is 13.7. The van der Waals surface area contributed by atoms with Crippen molar-refractivity contribution < 1.29 is 14.6 Å². The Balaban J connectivity index is 2.72. The van der Waals surface area contributed by atoms with Crippen LogP contribution in [0.3, 0.4) is 0 Å². The first-order chi connectivity index (χ1) is 8.04.